The van der Waals surface area contributed by atoms with E-state index in [2.05, 4.69) is 0 Å². The lowest BCUT2D eigenvalue weighted by molar-refractivity contribution is -0.00922. The normalized spacial score (nSPS) is 14.1. The Bertz CT molecular complexity index is 418. The SMILES string of the molecule is C/C=C/C(=C/C(C)(C)C(C)(C)O)OC(=O)N(C(C)C)C(C)C. The van der Waals surface area contributed by atoms with Gasteiger partial charge in [0.05, 0.1) is 5.60 Å². The van der Waals surface area contributed by atoms with Crippen molar-refractivity contribution in [3.8, 4) is 0 Å². The van der Waals surface area contributed by atoms with E-state index in [4.69, 9.17) is 4.74 Å². The molecule has 128 valence electrons. The summed E-state index contributed by atoms with van der Waals surface area (Å²) >= 11 is 0. The molecule has 0 aromatic rings. The number of carbonyl (C=O) groups excluding carboxylic acids is 1. The van der Waals surface area contributed by atoms with Gasteiger partial charge in [-0.1, -0.05) is 19.9 Å². The summed E-state index contributed by atoms with van der Waals surface area (Å²) in [5.74, 6) is 0.450. The van der Waals surface area contributed by atoms with Gasteiger partial charge in [0.1, 0.15) is 5.76 Å². The first-order valence-electron chi connectivity index (χ1n) is 7.91. The number of aliphatic hydroxyl groups is 1. The van der Waals surface area contributed by atoms with E-state index in [0.29, 0.717) is 5.76 Å². The van der Waals surface area contributed by atoms with Crippen LogP contribution in [0.1, 0.15) is 62.3 Å². The molecule has 0 aromatic carbocycles. The van der Waals surface area contributed by atoms with Gasteiger partial charge < -0.3 is 14.7 Å². The molecule has 0 aliphatic heterocycles. The van der Waals surface area contributed by atoms with Crippen LogP contribution in [0.2, 0.25) is 0 Å². The Morgan fingerprint density at radius 1 is 1.09 bits per heavy atom. The summed E-state index contributed by atoms with van der Waals surface area (Å²) in [6.07, 6.45) is 4.98. The first-order chi connectivity index (χ1) is 9.83. The number of allylic oxidation sites excluding steroid dienone is 2. The smallest absolute Gasteiger partial charge is 0.411 e. The number of hydrogen-bond donors (Lipinski definition) is 1. The standard InChI is InChI=1S/C18H33NO3/c1-10-11-15(12-17(6,7)18(8,9)21)22-16(20)19(13(2)3)14(4)5/h10-14,21H,1-9H3/b11-10+,15-12-. The van der Waals surface area contributed by atoms with Crippen molar-refractivity contribution in [3.05, 3.63) is 24.0 Å². The third kappa shape index (κ3) is 5.84. The van der Waals surface area contributed by atoms with Crippen LogP contribution in [0.15, 0.2) is 24.0 Å². The highest BCUT2D eigenvalue weighted by molar-refractivity contribution is 5.70. The second kappa shape index (κ2) is 7.82. The van der Waals surface area contributed by atoms with Crippen molar-refractivity contribution in [1.29, 1.82) is 0 Å². The minimum absolute atomic E-state index is 0.0571. The summed E-state index contributed by atoms with van der Waals surface area (Å²) in [5, 5.41) is 10.3. The van der Waals surface area contributed by atoms with Crippen molar-refractivity contribution in [2.45, 2.75) is 80.0 Å². The van der Waals surface area contributed by atoms with E-state index < -0.39 is 11.0 Å². The maximum atomic E-state index is 12.4. The average Bonchev–Trinajstić information content (AvgIpc) is 2.25. The van der Waals surface area contributed by atoms with Crippen molar-refractivity contribution in [1.82, 2.24) is 4.90 Å². The number of nitrogens with zero attached hydrogens (tertiary/aromatic N) is 1. The highest BCUT2D eigenvalue weighted by Gasteiger charge is 2.34. The van der Waals surface area contributed by atoms with Crippen LogP contribution in [-0.4, -0.2) is 33.8 Å². The maximum absolute atomic E-state index is 12.4. The minimum atomic E-state index is -0.929. The first-order valence-corrected chi connectivity index (χ1v) is 7.91. The predicted octanol–water partition coefficient (Wildman–Crippen LogP) is 4.50. The topological polar surface area (TPSA) is 49.8 Å². The molecule has 1 amide bonds. The van der Waals surface area contributed by atoms with Gasteiger partial charge >= 0.3 is 6.09 Å². The van der Waals surface area contributed by atoms with Crippen LogP contribution in [-0.2, 0) is 4.74 Å². The minimum Gasteiger partial charge on any atom is -0.411 e. The van der Waals surface area contributed by atoms with Gasteiger partial charge in [-0.15, -0.1) is 0 Å². The summed E-state index contributed by atoms with van der Waals surface area (Å²) in [4.78, 5) is 14.1. The molecule has 0 aliphatic carbocycles. The van der Waals surface area contributed by atoms with Crippen molar-refractivity contribution in [3.63, 3.8) is 0 Å². The zero-order chi connectivity index (χ0) is 17.7. The molecule has 1 N–H and O–H groups in total. The van der Waals surface area contributed by atoms with Crippen LogP contribution in [0, 0.1) is 5.41 Å². The number of hydrogen-bond acceptors (Lipinski definition) is 3. The van der Waals surface area contributed by atoms with E-state index in [9.17, 15) is 9.90 Å². The van der Waals surface area contributed by atoms with E-state index >= 15 is 0 Å². The van der Waals surface area contributed by atoms with Crippen LogP contribution in [0.4, 0.5) is 4.79 Å². The summed E-state index contributed by atoms with van der Waals surface area (Å²) in [5.41, 5.74) is -1.47. The molecular weight excluding hydrogens is 278 g/mol. The summed E-state index contributed by atoms with van der Waals surface area (Å²) in [7, 11) is 0. The Hall–Kier alpha value is -1.29. The van der Waals surface area contributed by atoms with Crippen LogP contribution in [0.25, 0.3) is 0 Å². The molecule has 0 saturated carbocycles. The molecule has 0 spiro atoms. The highest BCUT2D eigenvalue weighted by atomic mass is 16.6. The fraction of sp³-hybridized carbons (Fsp3) is 0.722. The molecular formula is C18H33NO3. The number of rotatable bonds is 6. The van der Waals surface area contributed by atoms with Crippen molar-refractivity contribution >= 4 is 6.09 Å². The van der Waals surface area contributed by atoms with Gasteiger partial charge in [-0.3, -0.25) is 0 Å². The number of carbonyl (C=O) groups is 1. The molecule has 0 saturated heterocycles. The predicted molar refractivity (Wildman–Crippen MR) is 91.6 cm³/mol. The molecule has 0 aliphatic rings. The number of amides is 1. The largest absolute Gasteiger partial charge is 0.415 e. The molecule has 0 atom stereocenters. The van der Waals surface area contributed by atoms with Gasteiger partial charge in [0, 0.05) is 17.5 Å². The van der Waals surface area contributed by atoms with Gasteiger partial charge in [-0.25, -0.2) is 4.79 Å². The fourth-order valence-electron chi connectivity index (χ4n) is 1.98. The second-order valence-electron chi connectivity index (χ2n) is 7.29. The lowest BCUT2D eigenvalue weighted by atomic mass is 9.77. The monoisotopic (exact) mass is 311 g/mol. The van der Waals surface area contributed by atoms with E-state index in [0.717, 1.165) is 0 Å². The fourth-order valence-corrected chi connectivity index (χ4v) is 1.98. The third-order valence-corrected chi connectivity index (χ3v) is 3.94. The van der Waals surface area contributed by atoms with E-state index in [1.807, 2.05) is 54.5 Å². The quantitative estimate of drug-likeness (QED) is 0.580. The lowest BCUT2D eigenvalue weighted by Crippen LogP contribution is -2.42. The molecule has 0 fully saturated rings. The molecule has 0 unspecified atom stereocenters. The van der Waals surface area contributed by atoms with Gasteiger partial charge in [-0.2, -0.15) is 0 Å². The highest BCUT2D eigenvalue weighted by Crippen LogP contribution is 2.33. The lowest BCUT2D eigenvalue weighted by Gasteiger charge is -2.35. The molecule has 22 heavy (non-hydrogen) atoms. The van der Waals surface area contributed by atoms with Gasteiger partial charge in [-0.05, 0) is 60.6 Å². The second-order valence-corrected chi connectivity index (χ2v) is 7.29. The van der Waals surface area contributed by atoms with Crippen molar-refractivity contribution in [2.24, 2.45) is 5.41 Å². The molecule has 0 aromatic heterocycles. The van der Waals surface area contributed by atoms with E-state index in [-0.39, 0.29) is 18.2 Å². The molecule has 0 bridgehead atoms. The van der Waals surface area contributed by atoms with Crippen molar-refractivity contribution in [2.75, 3.05) is 0 Å². The first kappa shape index (κ1) is 20.7. The molecule has 0 heterocycles. The summed E-state index contributed by atoms with van der Waals surface area (Å²) < 4.78 is 5.56. The van der Waals surface area contributed by atoms with Crippen molar-refractivity contribution < 1.29 is 14.6 Å². The van der Waals surface area contributed by atoms with Gasteiger partial charge in [0.15, 0.2) is 0 Å². The Kier molecular flexibility index (Phi) is 7.36. The Balaban J connectivity index is 5.43. The Morgan fingerprint density at radius 2 is 1.55 bits per heavy atom. The summed E-state index contributed by atoms with van der Waals surface area (Å²) in [6, 6.07) is 0.114. The maximum Gasteiger partial charge on any atom is 0.415 e. The van der Waals surface area contributed by atoms with E-state index in [1.165, 1.54) is 0 Å². The molecule has 4 nitrogen and oxygen atoms in total. The molecule has 4 heteroatoms. The van der Waals surface area contributed by atoms with Crippen LogP contribution in [0.5, 0.6) is 0 Å². The Morgan fingerprint density at radius 3 is 1.86 bits per heavy atom. The van der Waals surface area contributed by atoms with Gasteiger partial charge in [0.25, 0.3) is 0 Å². The summed E-state index contributed by atoms with van der Waals surface area (Å²) in [6.45, 7) is 17.0. The molecule has 0 rings (SSSR count). The zero-order valence-corrected chi connectivity index (χ0v) is 15.6. The van der Waals surface area contributed by atoms with Crippen LogP contribution in [0.3, 0.4) is 0 Å². The Labute approximate surface area is 135 Å². The van der Waals surface area contributed by atoms with Crippen LogP contribution < -0.4 is 0 Å². The zero-order valence-electron chi connectivity index (χ0n) is 15.6. The number of ether oxygens (including phenoxy) is 1. The van der Waals surface area contributed by atoms with Gasteiger partial charge in [0.2, 0.25) is 0 Å². The molecule has 0 radical (unpaired) electrons. The van der Waals surface area contributed by atoms with Crippen LogP contribution >= 0.6 is 0 Å². The average molecular weight is 311 g/mol. The third-order valence-electron chi connectivity index (χ3n) is 3.94. The van der Waals surface area contributed by atoms with E-state index in [1.54, 1.807) is 30.9 Å².